The Bertz CT molecular complexity index is 714. The van der Waals surface area contributed by atoms with Crippen molar-refractivity contribution in [3.05, 3.63) is 42.3 Å². The number of piperidine rings is 1. The molecule has 0 unspecified atom stereocenters. The highest BCUT2D eigenvalue weighted by molar-refractivity contribution is 5.76. The van der Waals surface area contributed by atoms with E-state index in [1.54, 1.807) is 6.26 Å². The molecule has 0 radical (unpaired) electrons. The van der Waals surface area contributed by atoms with Crippen LogP contribution in [0.5, 0.6) is 0 Å². The molecule has 0 atom stereocenters. The van der Waals surface area contributed by atoms with E-state index in [1.165, 1.54) is 12.8 Å². The van der Waals surface area contributed by atoms with Gasteiger partial charge in [0.15, 0.2) is 0 Å². The number of hydrogen-bond donors (Lipinski definition) is 0. The van der Waals surface area contributed by atoms with E-state index in [0.29, 0.717) is 17.7 Å². The molecule has 0 aliphatic carbocycles. The number of aromatic nitrogens is 1. The third kappa shape index (κ3) is 4.15. The summed E-state index contributed by atoms with van der Waals surface area (Å²) in [5.41, 5.74) is 1.99. The average Bonchev–Trinajstić information content (AvgIpc) is 3.36. The number of oxazole rings is 1. The Labute approximate surface area is 155 Å². The molecule has 0 N–H and O–H groups in total. The first-order valence-corrected chi connectivity index (χ1v) is 9.78. The van der Waals surface area contributed by atoms with E-state index >= 15 is 0 Å². The predicted molar refractivity (Wildman–Crippen MR) is 100 cm³/mol. The molecule has 1 amide bonds. The first-order chi connectivity index (χ1) is 12.8. The zero-order chi connectivity index (χ0) is 17.8. The Hall–Kier alpha value is -2.14. The van der Waals surface area contributed by atoms with Gasteiger partial charge in [-0.2, -0.15) is 0 Å². The lowest BCUT2D eigenvalue weighted by Gasteiger charge is -2.31. The lowest BCUT2D eigenvalue weighted by Crippen LogP contribution is -2.36. The van der Waals surface area contributed by atoms with Crippen molar-refractivity contribution in [3.8, 4) is 11.5 Å². The van der Waals surface area contributed by atoms with E-state index in [4.69, 9.17) is 4.42 Å². The molecular formula is C21H27N3O2. The van der Waals surface area contributed by atoms with Gasteiger partial charge in [0.1, 0.15) is 6.26 Å². The molecule has 2 aliphatic heterocycles. The number of rotatable bonds is 5. The van der Waals surface area contributed by atoms with E-state index in [1.807, 2.05) is 35.2 Å². The third-order valence-electron chi connectivity index (χ3n) is 5.59. The van der Waals surface area contributed by atoms with Gasteiger partial charge in [-0.25, -0.2) is 4.98 Å². The molecular weight excluding hydrogens is 326 g/mol. The Morgan fingerprint density at radius 2 is 1.81 bits per heavy atom. The van der Waals surface area contributed by atoms with Gasteiger partial charge in [-0.3, -0.25) is 9.69 Å². The van der Waals surface area contributed by atoms with Crippen LogP contribution in [-0.4, -0.2) is 46.9 Å². The zero-order valence-electron chi connectivity index (χ0n) is 15.3. The van der Waals surface area contributed by atoms with Crippen molar-refractivity contribution in [2.75, 3.05) is 26.2 Å². The van der Waals surface area contributed by atoms with E-state index in [0.717, 1.165) is 63.2 Å². The van der Waals surface area contributed by atoms with Crippen LogP contribution < -0.4 is 0 Å². The molecule has 2 aliphatic rings. The molecule has 3 heterocycles. The molecule has 1 aromatic heterocycles. The summed E-state index contributed by atoms with van der Waals surface area (Å²) >= 11 is 0. The van der Waals surface area contributed by atoms with Gasteiger partial charge in [-0.15, -0.1) is 0 Å². The average molecular weight is 353 g/mol. The fourth-order valence-corrected chi connectivity index (χ4v) is 4.01. The van der Waals surface area contributed by atoms with E-state index in [2.05, 4.69) is 9.88 Å². The number of amides is 1. The Kier molecular flexibility index (Phi) is 5.34. The fourth-order valence-electron chi connectivity index (χ4n) is 4.01. The normalized spacial score (nSPS) is 19.2. The molecule has 0 spiro atoms. The van der Waals surface area contributed by atoms with Gasteiger partial charge in [0.05, 0.1) is 5.69 Å². The Morgan fingerprint density at radius 3 is 2.54 bits per heavy atom. The summed E-state index contributed by atoms with van der Waals surface area (Å²) in [5.74, 6) is 1.59. The number of carbonyl (C=O) groups is 1. The van der Waals surface area contributed by atoms with Crippen LogP contribution >= 0.6 is 0 Å². The Balaban J connectivity index is 1.25. The summed E-state index contributed by atoms with van der Waals surface area (Å²) in [5, 5.41) is 0. The zero-order valence-corrected chi connectivity index (χ0v) is 15.3. The molecule has 2 fully saturated rings. The lowest BCUT2D eigenvalue weighted by atomic mass is 9.93. The van der Waals surface area contributed by atoms with Gasteiger partial charge in [0.25, 0.3) is 0 Å². The van der Waals surface area contributed by atoms with E-state index < -0.39 is 0 Å². The maximum atomic E-state index is 12.3. The van der Waals surface area contributed by atoms with Crippen molar-refractivity contribution in [2.24, 2.45) is 5.92 Å². The molecule has 0 saturated carbocycles. The maximum Gasteiger partial charge on any atom is 0.226 e. The first kappa shape index (κ1) is 17.3. The van der Waals surface area contributed by atoms with Crippen molar-refractivity contribution >= 4 is 5.91 Å². The highest BCUT2D eigenvalue weighted by Crippen LogP contribution is 2.24. The van der Waals surface area contributed by atoms with Crippen molar-refractivity contribution in [1.29, 1.82) is 0 Å². The SMILES string of the molecule is O=C(CC1CCN(Cc2coc(-c3ccccc3)n2)CC1)N1CCCC1. The molecule has 2 aromatic rings. The van der Waals surface area contributed by atoms with Crippen LogP contribution in [0, 0.1) is 5.92 Å². The minimum Gasteiger partial charge on any atom is -0.444 e. The quantitative estimate of drug-likeness (QED) is 0.825. The molecule has 4 rings (SSSR count). The number of nitrogens with zero attached hydrogens (tertiary/aromatic N) is 3. The minimum absolute atomic E-state index is 0.366. The van der Waals surface area contributed by atoms with Crippen molar-refractivity contribution in [2.45, 2.75) is 38.6 Å². The van der Waals surface area contributed by atoms with Crippen LogP contribution in [0.1, 0.15) is 37.8 Å². The molecule has 26 heavy (non-hydrogen) atoms. The van der Waals surface area contributed by atoms with Crippen LogP contribution in [0.2, 0.25) is 0 Å². The van der Waals surface area contributed by atoms with Gasteiger partial charge in [0, 0.05) is 31.6 Å². The van der Waals surface area contributed by atoms with Gasteiger partial charge in [-0.05, 0) is 56.8 Å². The van der Waals surface area contributed by atoms with Gasteiger partial charge in [0.2, 0.25) is 11.8 Å². The summed E-state index contributed by atoms with van der Waals surface area (Å²) in [6.07, 6.45) is 7.05. The van der Waals surface area contributed by atoms with Crippen LogP contribution in [0.3, 0.4) is 0 Å². The van der Waals surface area contributed by atoms with Crippen LogP contribution in [-0.2, 0) is 11.3 Å². The number of hydrogen-bond acceptors (Lipinski definition) is 4. The van der Waals surface area contributed by atoms with Crippen LogP contribution in [0.4, 0.5) is 0 Å². The van der Waals surface area contributed by atoms with Crippen molar-refractivity contribution < 1.29 is 9.21 Å². The summed E-state index contributed by atoms with van der Waals surface area (Å²) in [6.45, 7) is 4.82. The fraction of sp³-hybridized carbons (Fsp3) is 0.524. The van der Waals surface area contributed by atoms with Gasteiger partial charge >= 0.3 is 0 Å². The summed E-state index contributed by atoms with van der Waals surface area (Å²) in [4.78, 5) is 21.4. The minimum atomic E-state index is 0.366. The van der Waals surface area contributed by atoms with Crippen molar-refractivity contribution in [1.82, 2.24) is 14.8 Å². The second kappa shape index (κ2) is 8.04. The smallest absolute Gasteiger partial charge is 0.226 e. The van der Waals surface area contributed by atoms with E-state index in [-0.39, 0.29) is 0 Å². The number of carbonyl (C=O) groups excluding carboxylic acids is 1. The molecule has 2 saturated heterocycles. The highest BCUT2D eigenvalue weighted by atomic mass is 16.3. The number of benzene rings is 1. The lowest BCUT2D eigenvalue weighted by molar-refractivity contribution is -0.131. The molecule has 0 bridgehead atoms. The number of likely N-dealkylation sites (tertiary alicyclic amines) is 2. The summed E-state index contributed by atoms with van der Waals surface area (Å²) < 4.78 is 5.64. The summed E-state index contributed by atoms with van der Waals surface area (Å²) in [7, 11) is 0. The molecule has 5 nitrogen and oxygen atoms in total. The van der Waals surface area contributed by atoms with Crippen molar-refractivity contribution in [3.63, 3.8) is 0 Å². The largest absolute Gasteiger partial charge is 0.444 e. The second-order valence-electron chi connectivity index (χ2n) is 7.52. The van der Waals surface area contributed by atoms with Gasteiger partial charge < -0.3 is 9.32 Å². The van der Waals surface area contributed by atoms with Crippen LogP contribution in [0.25, 0.3) is 11.5 Å². The monoisotopic (exact) mass is 353 g/mol. The third-order valence-corrected chi connectivity index (χ3v) is 5.59. The molecule has 138 valence electrons. The predicted octanol–water partition coefficient (Wildman–Crippen LogP) is 3.57. The van der Waals surface area contributed by atoms with Crippen LogP contribution in [0.15, 0.2) is 41.0 Å². The second-order valence-corrected chi connectivity index (χ2v) is 7.52. The highest BCUT2D eigenvalue weighted by Gasteiger charge is 2.25. The first-order valence-electron chi connectivity index (χ1n) is 9.78. The molecule has 1 aromatic carbocycles. The summed E-state index contributed by atoms with van der Waals surface area (Å²) in [6, 6.07) is 10.0. The Morgan fingerprint density at radius 1 is 1.08 bits per heavy atom. The standard InChI is InChI=1S/C21H27N3O2/c25-20(24-10-4-5-11-24)14-17-8-12-23(13-9-17)15-19-16-26-21(22-19)18-6-2-1-3-7-18/h1-3,6-7,16-17H,4-5,8-15H2. The maximum absolute atomic E-state index is 12.3. The van der Waals surface area contributed by atoms with E-state index in [9.17, 15) is 4.79 Å². The molecule has 5 heteroatoms. The topological polar surface area (TPSA) is 49.6 Å². The van der Waals surface area contributed by atoms with Gasteiger partial charge in [-0.1, -0.05) is 18.2 Å².